The highest BCUT2D eigenvalue weighted by molar-refractivity contribution is 6.46. The van der Waals surface area contributed by atoms with Crippen molar-refractivity contribution < 1.29 is 19.4 Å². The van der Waals surface area contributed by atoms with Gasteiger partial charge in [-0.05, 0) is 59.5 Å². The highest BCUT2D eigenvalue weighted by atomic mass is 35.5. The van der Waals surface area contributed by atoms with Crippen LogP contribution < -0.4 is 4.74 Å². The number of ketones is 1. The molecule has 1 aliphatic heterocycles. The maximum atomic E-state index is 13.3. The van der Waals surface area contributed by atoms with Crippen LogP contribution >= 0.6 is 23.2 Å². The van der Waals surface area contributed by atoms with Crippen molar-refractivity contribution in [3.05, 3.63) is 98.8 Å². The zero-order valence-electron chi connectivity index (χ0n) is 19.5. The van der Waals surface area contributed by atoms with Crippen LogP contribution in [0.25, 0.3) is 5.76 Å². The summed E-state index contributed by atoms with van der Waals surface area (Å²) in [5.74, 6) is -1.00. The average molecular weight is 511 g/mol. The lowest BCUT2D eigenvalue weighted by Crippen LogP contribution is -2.29. The van der Waals surface area contributed by atoms with Gasteiger partial charge in [-0.3, -0.25) is 14.6 Å². The summed E-state index contributed by atoms with van der Waals surface area (Å²) in [4.78, 5) is 32.2. The number of carbonyl (C=O) groups excluding carboxylic acids is 2. The standard InChI is InChI=1S/C27H24Cl2N2O4/c1-15(2)19-12-17(8-10-22(19)35-3)25(32)23-24(16-7-9-20(28)21(29)13-16)31(27(34)26(23)33)14-18-6-4-5-11-30-18/h4-13,15,24,32H,14H2,1-3H3/b25-23-. The van der Waals surface area contributed by atoms with Crippen molar-refractivity contribution >= 4 is 40.7 Å². The average Bonchev–Trinajstić information content (AvgIpc) is 3.10. The lowest BCUT2D eigenvalue weighted by atomic mass is 9.93. The first kappa shape index (κ1) is 24.8. The van der Waals surface area contributed by atoms with Gasteiger partial charge in [-0.25, -0.2) is 0 Å². The fourth-order valence-electron chi connectivity index (χ4n) is 4.23. The third kappa shape index (κ3) is 4.77. The number of rotatable bonds is 6. The van der Waals surface area contributed by atoms with Gasteiger partial charge in [0.05, 0.1) is 41.0 Å². The Bertz CT molecular complexity index is 1320. The smallest absolute Gasteiger partial charge is 0.296 e. The summed E-state index contributed by atoms with van der Waals surface area (Å²) < 4.78 is 5.44. The Morgan fingerprint density at radius 3 is 2.49 bits per heavy atom. The van der Waals surface area contributed by atoms with Crippen molar-refractivity contribution in [1.29, 1.82) is 0 Å². The number of methoxy groups -OCH3 is 1. The second kappa shape index (κ2) is 10.1. The molecular formula is C27H24Cl2N2O4. The molecule has 1 saturated heterocycles. The van der Waals surface area contributed by atoms with Crippen LogP contribution in [-0.2, 0) is 16.1 Å². The SMILES string of the molecule is COc1ccc(/C(O)=C2/C(=O)C(=O)N(Cc3ccccn3)C2c2ccc(Cl)c(Cl)c2)cc1C(C)C. The number of carbonyl (C=O) groups is 2. The van der Waals surface area contributed by atoms with E-state index in [0.29, 0.717) is 27.6 Å². The predicted octanol–water partition coefficient (Wildman–Crippen LogP) is 6.14. The number of hydrogen-bond acceptors (Lipinski definition) is 5. The number of amides is 1. The van der Waals surface area contributed by atoms with Crippen LogP contribution in [0.5, 0.6) is 5.75 Å². The van der Waals surface area contributed by atoms with E-state index in [1.807, 2.05) is 13.8 Å². The van der Waals surface area contributed by atoms with E-state index in [4.69, 9.17) is 27.9 Å². The molecule has 6 nitrogen and oxygen atoms in total. The Labute approximate surface area is 213 Å². The fraction of sp³-hybridized carbons (Fsp3) is 0.222. The zero-order chi connectivity index (χ0) is 25.3. The van der Waals surface area contributed by atoms with Crippen molar-refractivity contribution in [3.63, 3.8) is 0 Å². The second-order valence-electron chi connectivity index (χ2n) is 8.53. The molecule has 8 heteroatoms. The molecule has 1 aliphatic rings. The number of ether oxygens (including phenoxy) is 1. The van der Waals surface area contributed by atoms with Gasteiger partial charge in [0.15, 0.2) is 0 Å². The fourth-order valence-corrected chi connectivity index (χ4v) is 4.53. The molecule has 0 aliphatic carbocycles. The molecule has 2 aromatic carbocycles. The molecule has 1 amide bonds. The molecule has 180 valence electrons. The summed E-state index contributed by atoms with van der Waals surface area (Å²) in [5.41, 5.74) is 2.41. The first-order chi connectivity index (χ1) is 16.7. The molecular weight excluding hydrogens is 487 g/mol. The normalized spacial score (nSPS) is 17.3. The van der Waals surface area contributed by atoms with Crippen molar-refractivity contribution in [3.8, 4) is 5.75 Å². The topological polar surface area (TPSA) is 79.7 Å². The third-order valence-corrected chi connectivity index (χ3v) is 6.72. The van der Waals surface area contributed by atoms with Crippen molar-refractivity contribution in [1.82, 2.24) is 9.88 Å². The van der Waals surface area contributed by atoms with Crippen molar-refractivity contribution in [2.45, 2.75) is 32.4 Å². The van der Waals surface area contributed by atoms with Crippen LogP contribution in [0.2, 0.25) is 10.0 Å². The van der Waals surface area contributed by atoms with Crippen LogP contribution in [0.1, 0.15) is 48.2 Å². The van der Waals surface area contributed by atoms with E-state index in [1.165, 1.54) is 4.90 Å². The number of halogens is 2. The Balaban J connectivity index is 1.90. The largest absolute Gasteiger partial charge is 0.507 e. The molecule has 1 atom stereocenters. The summed E-state index contributed by atoms with van der Waals surface area (Å²) in [5, 5.41) is 12.0. The summed E-state index contributed by atoms with van der Waals surface area (Å²) in [6.07, 6.45) is 1.62. The lowest BCUT2D eigenvalue weighted by molar-refractivity contribution is -0.140. The Morgan fingerprint density at radius 1 is 1.09 bits per heavy atom. The van der Waals surface area contributed by atoms with E-state index in [9.17, 15) is 14.7 Å². The molecule has 3 aromatic rings. The molecule has 1 aromatic heterocycles. The highest BCUT2D eigenvalue weighted by Crippen LogP contribution is 2.42. The van der Waals surface area contributed by atoms with Gasteiger partial charge in [-0.1, -0.05) is 49.2 Å². The summed E-state index contributed by atoms with van der Waals surface area (Å²) >= 11 is 12.4. The van der Waals surface area contributed by atoms with E-state index in [2.05, 4.69) is 4.98 Å². The lowest BCUT2D eigenvalue weighted by Gasteiger charge is -2.25. The third-order valence-electron chi connectivity index (χ3n) is 5.98. The first-order valence-electron chi connectivity index (χ1n) is 11.0. The molecule has 1 fully saturated rings. The van der Waals surface area contributed by atoms with Gasteiger partial charge in [0, 0.05) is 11.8 Å². The summed E-state index contributed by atoms with van der Waals surface area (Å²) in [6.45, 7) is 4.08. The molecule has 1 unspecified atom stereocenters. The molecule has 35 heavy (non-hydrogen) atoms. The zero-order valence-corrected chi connectivity index (χ0v) is 21.0. The number of pyridine rings is 1. The van der Waals surface area contributed by atoms with Gasteiger partial charge in [0.1, 0.15) is 11.5 Å². The number of aliphatic hydroxyl groups excluding tert-OH is 1. The monoisotopic (exact) mass is 510 g/mol. The van der Waals surface area contributed by atoms with E-state index < -0.39 is 17.7 Å². The van der Waals surface area contributed by atoms with Crippen LogP contribution in [0, 0.1) is 0 Å². The van der Waals surface area contributed by atoms with Gasteiger partial charge in [-0.15, -0.1) is 0 Å². The molecule has 4 rings (SSSR count). The Hall–Kier alpha value is -3.35. The number of aromatic nitrogens is 1. The minimum Gasteiger partial charge on any atom is -0.507 e. The molecule has 2 heterocycles. The molecule has 0 saturated carbocycles. The molecule has 0 radical (unpaired) electrons. The molecule has 0 bridgehead atoms. The van der Waals surface area contributed by atoms with Crippen LogP contribution in [0.15, 0.2) is 66.4 Å². The van der Waals surface area contributed by atoms with Crippen molar-refractivity contribution in [2.24, 2.45) is 0 Å². The first-order valence-corrected chi connectivity index (χ1v) is 11.8. The molecule has 1 N–H and O–H groups in total. The number of hydrogen-bond donors (Lipinski definition) is 1. The van der Waals surface area contributed by atoms with Gasteiger partial charge < -0.3 is 14.7 Å². The van der Waals surface area contributed by atoms with Gasteiger partial charge in [-0.2, -0.15) is 0 Å². The highest BCUT2D eigenvalue weighted by Gasteiger charge is 2.46. The van der Waals surface area contributed by atoms with Gasteiger partial charge in [0.2, 0.25) is 0 Å². The van der Waals surface area contributed by atoms with Gasteiger partial charge >= 0.3 is 0 Å². The number of nitrogens with zero attached hydrogens (tertiary/aromatic N) is 2. The number of benzene rings is 2. The molecule has 0 spiro atoms. The van der Waals surface area contributed by atoms with Crippen molar-refractivity contribution in [2.75, 3.05) is 7.11 Å². The van der Waals surface area contributed by atoms with E-state index in [1.54, 1.807) is 67.9 Å². The number of Topliss-reactive ketones (excluding diaryl/α,β-unsaturated/α-hetero) is 1. The Kier molecular flexibility index (Phi) is 7.15. The summed E-state index contributed by atoms with van der Waals surface area (Å²) in [6, 6.07) is 14.5. The minimum absolute atomic E-state index is 0.0239. The maximum Gasteiger partial charge on any atom is 0.296 e. The van der Waals surface area contributed by atoms with E-state index >= 15 is 0 Å². The second-order valence-corrected chi connectivity index (χ2v) is 9.35. The van der Waals surface area contributed by atoms with Gasteiger partial charge in [0.25, 0.3) is 11.7 Å². The minimum atomic E-state index is -0.878. The quantitative estimate of drug-likeness (QED) is 0.244. The van der Waals surface area contributed by atoms with Crippen LogP contribution in [-0.4, -0.2) is 33.8 Å². The number of likely N-dealkylation sites (tertiary alicyclic amines) is 1. The van der Waals surface area contributed by atoms with Crippen LogP contribution in [0.3, 0.4) is 0 Å². The number of aliphatic hydroxyl groups is 1. The summed E-state index contributed by atoms with van der Waals surface area (Å²) in [7, 11) is 1.58. The van der Waals surface area contributed by atoms with Crippen LogP contribution in [0.4, 0.5) is 0 Å². The Morgan fingerprint density at radius 2 is 1.86 bits per heavy atom. The maximum absolute atomic E-state index is 13.3. The van der Waals surface area contributed by atoms with E-state index in [-0.39, 0.29) is 28.8 Å². The predicted molar refractivity (Wildman–Crippen MR) is 136 cm³/mol. The van der Waals surface area contributed by atoms with E-state index in [0.717, 1.165) is 5.56 Å².